The molecule has 5 heteroatoms. The van der Waals surface area contributed by atoms with Gasteiger partial charge >= 0.3 is 0 Å². The Labute approximate surface area is 104 Å². The van der Waals surface area contributed by atoms with Gasteiger partial charge in [-0.25, -0.2) is 0 Å². The van der Waals surface area contributed by atoms with E-state index in [-0.39, 0.29) is 17.7 Å². The van der Waals surface area contributed by atoms with E-state index in [2.05, 4.69) is 5.32 Å². The highest BCUT2D eigenvalue weighted by Crippen LogP contribution is 2.28. The molecule has 0 radical (unpaired) electrons. The van der Waals surface area contributed by atoms with E-state index < -0.39 is 0 Å². The van der Waals surface area contributed by atoms with Gasteiger partial charge in [-0.3, -0.25) is 4.79 Å². The van der Waals surface area contributed by atoms with Crippen molar-refractivity contribution in [3.05, 3.63) is 21.3 Å². The van der Waals surface area contributed by atoms with Crippen LogP contribution in [-0.4, -0.2) is 31.6 Å². The van der Waals surface area contributed by atoms with Gasteiger partial charge in [-0.2, -0.15) is 0 Å². The first kappa shape index (κ1) is 12.0. The van der Waals surface area contributed by atoms with Crippen LogP contribution in [0.2, 0.25) is 5.02 Å². The average molecular weight is 260 g/mol. The molecule has 2 heterocycles. The molecule has 0 aliphatic carbocycles. The van der Waals surface area contributed by atoms with Gasteiger partial charge in [0.15, 0.2) is 5.78 Å². The van der Waals surface area contributed by atoms with E-state index in [4.69, 9.17) is 16.3 Å². The Morgan fingerprint density at radius 3 is 3.12 bits per heavy atom. The Morgan fingerprint density at radius 2 is 2.50 bits per heavy atom. The highest BCUT2D eigenvalue weighted by atomic mass is 35.5. The first-order valence-electron chi connectivity index (χ1n) is 5.32. The van der Waals surface area contributed by atoms with E-state index in [0.717, 1.165) is 6.54 Å². The summed E-state index contributed by atoms with van der Waals surface area (Å²) in [5.74, 6) is -0.000417. The SMILES string of the molecule is CCNC1COCC1C(=O)c1sccc1Cl. The van der Waals surface area contributed by atoms with Crippen LogP contribution in [0, 0.1) is 5.92 Å². The second kappa shape index (κ2) is 5.27. The van der Waals surface area contributed by atoms with Crippen molar-refractivity contribution in [3.63, 3.8) is 0 Å². The van der Waals surface area contributed by atoms with E-state index in [1.54, 1.807) is 6.07 Å². The summed E-state index contributed by atoms with van der Waals surface area (Å²) in [5.41, 5.74) is 0. The monoisotopic (exact) mass is 259 g/mol. The van der Waals surface area contributed by atoms with Crippen molar-refractivity contribution >= 4 is 28.7 Å². The number of halogens is 1. The van der Waals surface area contributed by atoms with Gasteiger partial charge in [0.25, 0.3) is 0 Å². The van der Waals surface area contributed by atoms with Crippen molar-refractivity contribution in [1.29, 1.82) is 0 Å². The number of rotatable bonds is 4. The Bertz CT molecular complexity index is 380. The van der Waals surface area contributed by atoms with Crippen molar-refractivity contribution in [3.8, 4) is 0 Å². The van der Waals surface area contributed by atoms with Crippen LogP contribution >= 0.6 is 22.9 Å². The van der Waals surface area contributed by atoms with Crippen molar-refractivity contribution in [2.45, 2.75) is 13.0 Å². The van der Waals surface area contributed by atoms with Gasteiger partial charge in [0, 0.05) is 6.04 Å². The lowest BCUT2D eigenvalue weighted by atomic mass is 9.97. The van der Waals surface area contributed by atoms with Crippen LogP contribution in [-0.2, 0) is 4.74 Å². The highest BCUT2D eigenvalue weighted by molar-refractivity contribution is 7.12. The van der Waals surface area contributed by atoms with Gasteiger partial charge in [-0.05, 0) is 18.0 Å². The molecule has 0 bridgehead atoms. The molecule has 1 aromatic rings. The summed E-state index contributed by atoms with van der Waals surface area (Å²) in [7, 11) is 0. The van der Waals surface area contributed by atoms with Gasteiger partial charge in [0.2, 0.25) is 0 Å². The molecule has 1 aliphatic rings. The summed E-state index contributed by atoms with van der Waals surface area (Å²) in [4.78, 5) is 12.9. The Kier molecular flexibility index (Phi) is 3.97. The molecule has 88 valence electrons. The van der Waals surface area contributed by atoms with E-state index in [9.17, 15) is 4.79 Å². The lowest BCUT2D eigenvalue weighted by molar-refractivity contribution is 0.0896. The fourth-order valence-corrected chi connectivity index (χ4v) is 3.07. The normalized spacial score (nSPS) is 24.9. The van der Waals surface area contributed by atoms with Gasteiger partial charge in [0.05, 0.1) is 29.0 Å². The minimum absolute atomic E-state index is 0.100. The van der Waals surface area contributed by atoms with E-state index in [0.29, 0.717) is 23.1 Å². The Hall–Kier alpha value is -0.420. The van der Waals surface area contributed by atoms with Crippen molar-refractivity contribution in [2.24, 2.45) is 5.92 Å². The number of carbonyl (C=O) groups is 1. The highest BCUT2D eigenvalue weighted by Gasteiger charge is 2.35. The molecule has 16 heavy (non-hydrogen) atoms. The topological polar surface area (TPSA) is 38.3 Å². The number of thiophene rings is 1. The van der Waals surface area contributed by atoms with Gasteiger partial charge < -0.3 is 10.1 Å². The average Bonchev–Trinajstić information content (AvgIpc) is 2.87. The van der Waals surface area contributed by atoms with Crippen LogP contribution in [0.4, 0.5) is 0 Å². The minimum Gasteiger partial charge on any atom is -0.379 e. The van der Waals surface area contributed by atoms with Crippen LogP contribution in [0.5, 0.6) is 0 Å². The quantitative estimate of drug-likeness (QED) is 0.843. The summed E-state index contributed by atoms with van der Waals surface area (Å²) in [6.45, 7) is 3.96. The second-order valence-corrected chi connectivity index (χ2v) is 5.09. The molecule has 1 fully saturated rings. The van der Waals surface area contributed by atoms with Gasteiger partial charge in [0.1, 0.15) is 0 Å². The molecular formula is C11H14ClNO2S. The largest absolute Gasteiger partial charge is 0.379 e. The lowest BCUT2D eigenvalue weighted by Gasteiger charge is -2.16. The molecule has 2 atom stereocenters. The maximum Gasteiger partial charge on any atom is 0.181 e. The van der Waals surface area contributed by atoms with Crippen LogP contribution < -0.4 is 5.32 Å². The molecule has 2 unspecified atom stereocenters. The number of ether oxygens (including phenoxy) is 1. The number of carbonyl (C=O) groups excluding carboxylic acids is 1. The number of nitrogens with one attached hydrogen (secondary N) is 1. The zero-order chi connectivity index (χ0) is 11.5. The van der Waals surface area contributed by atoms with E-state index in [1.165, 1.54) is 11.3 Å². The van der Waals surface area contributed by atoms with Crippen molar-refractivity contribution in [2.75, 3.05) is 19.8 Å². The van der Waals surface area contributed by atoms with Gasteiger partial charge in [-0.15, -0.1) is 11.3 Å². The summed E-state index contributed by atoms with van der Waals surface area (Å²) in [5, 5.41) is 5.67. The zero-order valence-electron chi connectivity index (χ0n) is 9.03. The van der Waals surface area contributed by atoms with Crippen LogP contribution in [0.15, 0.2) is 11.4 Å². The van der Waals surface area contributed by atoms with Crippen molar-refractivity contribution in [1.82, 2.24) is 5.32 Å². The van der Waals surface area contributed by atoms with Crippen molar-refractivity contribution < 1.29 is 9.53 Å². The fourth-order valence-electron chi connectivity index (χ4n) is 1.91. The molecule has 1 aliphatic heterocycles. The zero-order valence-corrected chi connectivity index (χ0v) is 10.6. The summed E-state index contributed by atoms with van der Waals surface area (Å²) < 4.78 is 5.36. The molecule has 0 amide bonds. The number of hydrogen-bond donors (Lipinski definition) is 1. The molecule has 1 N–H and O–H groups in total. The number of Topliss-reactive ketones (excluding diaryl/α,β-unsaturated/α-hetero) is 1. The molecule has 1 aromatic heterocycles. The third-order valence-corrected chi connectivity index (χ3v) is 4.08. The molecule has 0 saturated carbocycles. The summed E-state index contributed by atoms with van der Waals surface area (Å²) in [6, 6.07) is 1.88. The smallest absolute Gasteiger partial charge is 0.181 e. The van der Waals surface area contributed by atoms with Crippen LogP contribution in [0.25, 0.3) is 0 Å². The fraction of sp³-hybridized carbons (Fsp3) is 0.545. The number of likely N-dealkylation sites (N-methyl/N-ethyl adjacent to an activating group) is 1. The molecule has 1 saturated heterocycles. The van der Waals surface area contributed by atoms with Crippen LogP contribution in [0.1, 0.15) is 16.6 Å². The standard InChI is InChI=1S/C11H14ClNO2S/c1-2-13-9-6-15-5-7(9)10(14)11-8(12)3-4-16-11/h3-4,7,9,13H,2,5-6H2,1H3. The third kappa shape index (κ3) is 2.30. The number of ketones is 1. The van der Waals surface area contributed by atoms with E-state index in [1.807, 2.05) is 12.3 Å². The summed E-state index contributed by atoms with van der Waals surface area (Å²) >= 11 is 7.37. The molecule has 0 spiro atoms. The Balaban J connectivity index is 2.12. The Morgan fingerprint density at radius 1 is 1.69 bits per heavy atom. The first-order valence-corrected chi connectivity index (χ1v) is 6.58. The predicted molar refractivity (Wildman–Crippen MR) is 65.4 cm³/mol. The second-order valence-electron chi connectivity index (χ2n) is 3.77. The molecule has 0 aromatic carbocycles. The molecular weight excluding hydrogens is 246 g/mol. The minimum atomic E-state index is -0.101. The maximum absolute atomic E-state index is 12.2. The maximum atomic E-state index is 12.2. The van der Waals surface area contributed by atoms with Crippen LogP contribution in [0.3, 0.4) is 0 Å². The number of hydrogen-bond acceptors (Lipinski definition) is 4. The summed E-state index contributed by atoms with van der Waals surface area (Å²) in [6.07, 6.45) is 0. The third-order valence-electron chi connectivity index (χ3n) is 2.72. The predicted octanol–water partition coefficient (Wildman–Crippen LogP) is 2.21. The van der Waals surface area contributed by atoms with E-state index >= 15 is 0 Å². The first-order chi connectivity index (χ1) is 7.74. The molecule has 2 rings (SSSR count). The lowest BCUT2D eigenvalue weighted by Crippen LogP contribution is -2.39. The molecule has 3 nitrogen and oxygen atoms in total. The van der Waals surface area contributed by atoms with Gasteiger partial charge in [-0.1, -0.05) is 18.5 Å².